The number of aromatic amines is 1. The second-order valence-electron chi connectivity index (χ2n) is 9.32. The van der Waals surface area contributed by atoms with Crippen LogP contribution in [0.1, 0.15) is 31.7 Å². The van der Waals surface area contributed by atoms with Crippen LogP contribution in [0.4, 0.5) is 32.3 Å². The molecular formula is C26H31FN8O2. The normalized spacial score (nSPS) is 17.9. The van der Waals surface area contributed by atoms with E-state index in [-0.39, 0.29) is 17.8 Å². The van der Waals surface area contributed by atoms with Crippen molar-refractivity contribution in [3.63, 3.8) is 0 Å². The van der Waals surface area contributed by atoms with Crippen molar-refractivity contribution < 1.29 is 13.9 Å². The Morgan fingerprint density at radius 2 is 2.05 bits per heavy atom. The van der Waals surface area contributed by atoms with Crippen LogP contribution < -0.4 is 15.5 Å². The molecule has 1 atom stereocenters. The van der Waals surface area contributed by atoms with E-state index < -0.39 is 5.82 Å². The third kappa shape index (κ3) is 5.41. The highest BCUT2D eigenvalue weighted by Crippen LogP contribution is 2.34. The van der Waals surface area contributed by atoms with E-state index in [2.05, 4.69) is 32.7 Å². The smallest absolute Gasteiger partial charge is 0.321 e. The van der Waals surface area contributed by atoms with Crippen molar-refractivity contribution in [2.75, 3.05) is 48.4 Å². The summed E-state index contributed by atoms with van der Waals surface area (Å²) in [6, 6.07) is 8.16. The van der Waals surface area contributed by atoms with Gasteiger partial charge in [0.2, 0.25) is 0 Å². The van der Waals surface area contributed by atoms with Gasteiger partial charge >= 0.3 is 6.03 Å². The number of likely N-dealkylation sites (tertiary alicyclic amines) is 1. The van der Waals surface area contributed by atoms with E-state index in [1.807, 2.05) is 6.07 Å². The number of anilines is 4. The van der Waals surface area contributed by atoms with E-state index >= 15 is 4.39 Å². The fourth-order valence-electron chi connectivity index (χ4n) is 4.76. The Morgan fingerprint density at radius 3 is 2.76 bits per heavy atom. The number of pyridine rings is 1. The molecule has 4 heterocycles. The molecular weight excluding hydrogens is 475 g/mol. The maximum atomic E-state index is 15.3. The summed E-state index contributed by atoms with van der Waals surface area (Å²) in [5.41, 5.74) is 1.85. The van der Waals surface area contributed by atoms with Crippen molar-refractivity contribution >= 4 is 35.4 Å². The van der Waals surface area contributed by atoms with Gasteiger partial charge in [-0.15, -0.1) is 0 Å². The van der Waals surface area contributed by atoms with E-state index in [4.69, 9.17) is 15.1 Å². The number of nitrogens with zero attached hydrogens (tertiary/aromatic N) is 4. The number of rotatable bonds is 6. The second kappa shape index (κ2) is 11.0. The van der Waals surface area contributed by atoms with Crippen molar-refractivity contribution in [2.45, 2.75) is 32.2 Å². The number of amides is 2. The molecule has 194 valence electrons. The number of urea groups is 1. The zero-order valence-electron chi connectivity index (χ0n) is 20.8. The van der Waals surface area contributed by atoms with Crippen molar-refractivity contribution in [1.29, 1.82) is 5.41 Å². The zero-order valence-corrected chi connectivity index (χ0v) is 20.8. The lowest BCUT2D eigenvalue weighted by Gasteiger charge is -2.35. The van der Waals surface area contributed by atoms with Gasteiger partial charge in [-0.2, -0.15) is 5.10 Å². The number of nitrogens with one attached hydrogen (secondary N) is 4. The van der Waals surface area contributed by atoms with E-state index in [0.29, 0.717) is 67.0 Å². The number of benzene rings is 1. The summed E-state index contributed by atoms with van der Waals surface area (Å²) < 4.78 is 20.9. The summed E-state index contributed by atoms with van der Waals surface area (Å²) in [6.45, 7) is 5.24. The Kier molecular flexibility index (Phi) is 7.31. The summed E-state index contributed by atoms with van der Waals surface area (Å²) in [4.78, 5) is 21.3. The van der Waals surface area contributed by atoms with Gasteiger partial charge in [0.05, 0.1) is 31.1 Å². The van der Waals surface area contributed by atoms with E-state index in [0.717, 1.165) is 19.3 Å². The number of ether oxygens (including phenoxy) is 1. The van der Waals surface area contributed by atoms with Crippen LogP contribution in [0.25, 0.3) is 11.1 Å². The van der Waals surface area contributed by atoms with Crippen LogP contribution in [-0.4, -0.2) is 71.2 Å². The minimum absolute atomic E-state index is 0.101. The monoisotopic (exact) mass is 506 g/mol. The Bertz CT molecular complexity index is 1260. The molecule has 2 saturated heterocycles. The maximum absolute atomic E-state index is 15.3. The predicted octanol–water partition coefficient (Wildman–Crippen LogP) is 4.59. The number of morpholine rings is 1. The number of H-pyrrole nitrogens is 1. The summed E-state index contributed by atoms with van der Waals surface area (Å²) in [5, 5.41) is 20.9. The van der Waals surface area contributed by atoms with Crippen LogP contribution >= 0.6 is 0 Å². The molecule has 10 nitrogen and oxygen atoms in total. The summed E-state index contributed by atoms with van der Waals surface area (Å²) in [6.07, 6.45) is 5.85. The molecule has 2 aromatic heterocycles. The average molecular weight is 507 g/mol. The van der Waals surface area contributed by atoms with Crippen LogP contribution in [-0.2, 0) is 4.74 Å². The number of aromatic nitrogens is 3. The lowest BCUT2D eigenvalue weighted by molar-refractivity contribution is 0.0985. The highest BCUT2D eigenvalue weighted by Gasteiger charge is 2.24. The van der Waals surface area contributed by atoms with Gasteiger partial charge in [-0.25, -0.2) is 14.2 Å². The van der Waals surface area contributed by atoms with Crippen molar-refractivity contribution in [3.05, 3.63) is 47.9 Å². The van der Waals surface area contributed by atoms with Crippen LogP contribution in [0.2, 0.25) is 0 Å². The number of piperidine rings is 1. The lowest BCUT2D eigenvalue weighted by atomic mass is 9.99. The van der Waals surface area contributed by atoms with Crippen LogP contribution in [0, 0.1) is 11.2 Å². The first-order valence-corrected chi connectivity index (χ1v) is 12.6. The molecule has 4 N–H and O–H groups in total. The zero-order chi connectivity index (χ0) is 25.8. The molecule has 0 radical (unpaired) electrons. The maximum Gasteiger partial charge on any atom is 0.321 e. The van der Waals surface area contributed by atoms with Gasteiger partial charge < -0.3 is 30.6 Å². The van der Waals surface area contributed by atoms with Gasteiger partial charge in [0, 0.05) is 37.5 Å². The van der Waals surface area contributed by atoms with E-state index in [1.165, 1.54) is 12.3 Å². The molecule has 2 aliphatic heterocycles. The molecule has 0 bridgehead atoms. The van der Waals surface area contributed by atoms with Crippen LogP contribution in [0.5, 0.6) is 0 Å². The topological polar surface area (TPSA) is 122 Å². The number of hydrogen-bond acceptors (Lipinski definition) is 7. The molecule has 0 unspecified atom stereocenters. The fraction of sp³-hybridized carbons (Fsp3) is 0.385. The standard InChI is InChI=1S/C26H31FN8O2/c1-17-16-37-12-11-35(17)24-14-19(20(15-28)25(32-24)31-23-7-8-29-33-23)18-5-6-22(21(27)13-18)30-26(36)34-9-3-2-4-10-34/h5-8,13-15,17,28H,2-4,9-12,16H2,1H3,(H,30,36)(H2,29,31,32,33)/t17-/m1/s1. The summed E-state index contributed by atoms with van der Waals surface area (Å²) >= 11 is 0. The van der Waals surface area contributed by atoms with Gasteiger partial charge in [0.25, 0.3) is 0 Å². The molecule has 2 amide bonds. The largest absolute Gasteiger partial charge is 0.377 e. The molecule has 5 rings (SSSR count). The number of carbonyl (C=O) groups is 1. The highest BCUT2D eigenvalue weighted by atomic mass is 19.1. The first-order valence-electron chi connectivity index (χ1n) is 12.6. The molecule has 2 aliphatic rings. The summed E-state index contributed by atoms with van der Waals surface area (Å²) in [5.74, 6) is 1.23. The number of halogens is 1. The molecule has 0 saturated carbocycles. The Morgan fingerprint density at radius 1 is 1.22 bits per heavy atom. The third-order valence-corrected chi connectivity index (χ3v) is 6.77. The SMILES string of the molecule is C[C@@H]1COCCN1c1cc(-c2ccc(NC(=O)N3CCCCC3)c(F)c2)c(C=N)c(Nc2ccn[nH]2)n1. The first kappa shape index (κ1) is 24.7. The van der Waals surface area contributed by atoms with E-state index in [9.17, 15) is 4.79 Å². The predicted molar refractivity (Wildman–Crippen MR) is 141 cm³/mol. The lowest BCUT2D eigenvalue weighted by Crippen LogP contribution is -2.44. The Hall–Kier alpha value is -3.99. The van der Waals surface area contributed by atoms with Crippen molar-refractivity contribution in [2.24, 2.45) is 0 Å². The first-order chi connectivity index (χ1) is 18.0. The minimum Gasteiger partial charge on any atom is -0.377 e. The molecule has 11 heteroatoms. The van der Waals surface area contributed by atoms with Crippen molar-refractivity contribution in [1.82, 2.24) is 20.1 Å². The highest BCUT2D eigenvalue weighted by molar-refractivity contribution is 5.97. The number of hydrogen-bond donors (Lipinski definition) is 4. The average Bonchev–Trinajstić information content (AvgIpc) is 3.43. The molecule has 37 heavy (non-hydrogen) atoms. The molecule has 1 aromatic carbocycles. The van der Waals surface area contributed by atoms with Gasteiger partial charge in [-0.3, -0.25) is 5.10 Å². The molecule has 2 fully saturated rings. The molecule has 3 aromatic rings. The van der Waals surface area contributed by atoms with Gasteiger partial charge in [-0.1, -0.05) is 6.07 Å². The summed E-state index contributed by atoms with van der Waals surface area (Å²) in [7, 11) is 0. The van der Waals surface area contributed by atoms with Crippen LogP contribution in [0.3, 0.4) is 0 Å². The van der Waals surface area contributed by atoms with Crippen molar-refractivity contribution in [3.8, 4) is 11.1 Å². The molecule has 0 spiro atoms. The van der Waals surface area contributed by atoms with Gasteiger partial charge in [0.1, 0.15) is 23.3 Å². The quantitative estimate of drug-likeness (QED) is 0.363. The van der Waals surface area contributed by atoms with Gasteiger partial charge in [-0.05, 0) is 55.5 Å². The second-order valence-corrected chi connectivity index (χ2v) is 9.32. The fourth-order valence-corrected chi connectivity index (χ4v) is 4.76. The van der Waals surface area contributed by atoms with E-state index in [1.54, 1.807) is 29.3 Å². The van der Waals surface area contributed by atoms with Crippen LogP contribution in [0.15, 0.2) is 36.5 Å². The molecule has 0 aliphatic carbocycles. The number of carbonyl (C=O) groups excluding carboxylic acids is 1. The van der Waals surface area contributed by atoms with Gasteiger partial charge in [0.15, 0.2) is 0 Å². The Labute approximate surface area is 214 Å². The Balaban J connectivity index is 1.50. The minimum atomic E-state index is -0.542. The third-order valence-electron chi connectivity index (χ3n) is 6.77.